The average molecular weight is 558 g/mol. The number of sulfonamides is 2. The fourth-order valence-electron chi connectivity index (χ4n) is 4.03. The maximum atomic E-state index is 13.6. The molecule has 3 aromatic carbocycles. The van der Waals surface area contributed by atoms with Gasteiger partial charge in [-0.1, -0.05) is 36.8 Å². The van der Waals surface area contributed by atoms with Crippen molar-refractivity contribution >= 4 is 37.3 Å². The van der Waals surface area contributed by atoms with Gasteiger partial charge < -0.3 is 10.1 Å². The third-order valence-electron chi connectivity index (χ3n) is 6.27. The molecule has 0 unspecified atom stereocenters. The predicted molar refractivity (Wildman–Crippen MR) is 146 cm³/mol. The van der Waals surface area contributed by atoms with E-state index in [1.165, 1.54) is 40.7 Å². The molecule has 0 aromatic heterocycles. The quantitative estimate of drug-likeness (QED) is 0.432. The number of aryl methyl sites for hydroxylation is 2. The smallest absolute Gasteiger partial charge is 0.264 e. The molecule has 0 spiro atoms. The summed E-state index contributed by atoms with van der Waals surface area (Å²) in [6.07, 6.45) is 0.794. The van der Waals surface area contributed by atoms with Crippen molar-refractivity contribution in [2.45, 2.75) is 30.1 Å². The number of rotatable bonds is 9. The van der Waals surface area contributed by atoms with Gasteiger partial charge in [0.05, 0.1) is 28.7 Å². The SMILES string of the molecule is CCc1ccc(N(CC(=O)Nc2ccc(S(=O)(=O)N3CCOCC3)cc2)S(=O)(=O)c2ccc(C)cc2)cc1. The Kier molecular flexibility index (Phi) is 8.51. The van der Waals surface area contributed by atoms with E-state index < -0.39 is 32.5 Å². The number of anilines is 2. The fourth-order valence-corrected chi connectivity index (χ4v) is 6.86. The summed E-state index contributed by atoms with van der Waals surface area (Å²) in [4.78, 5) is 13.2. The molecule has 1 aliphatic heterocycles. The molecule has 1 N–H and O–H groups in total. The standard InChI is InChI=1S/C27H31N3O6S2/c1-3-22-6-10-24(11-7-22)30(38(34,35)26-12-4-21(2)5-13-26)20-27(31)28-23-8-14-25(15-9-23)37(32,33)29-16-18-36-19-17-29/h4-15H,3,16-20H2,1-2H3,(H,28,31). The summed E-state index contributed by atoms with van der Waals surface area (Å²) in [5.74, 6) is -0.566. The van der Waals surface area contributed by atoms with Gasteiger partial charge in [0.25, 0.3) is 10.0 Å². The van der Waals surface area contributed by atoms with E-state index in [2.05, 4.69) is 5.32 Å². The molecule has 3 aromatic rings. The molecule has 1 aliphatic rings. The lowest BCUT2D eigenvalue weighted by molar-refractivity contribution is -0.114. The highest BCUT2D eigenvalue weighted by molar-refractivity contribution is 7.92. The first-order valence-corrected chi connectivity index (χ1v) is 15.2. The Balaban J connectivity index is 1.54. The minimum absolute atomic E-state index is 0.0770. The summed E-state index contributed by atoms with van der Waals surface area (Å²) in [6, 6.07) is 19.3. The van der Waals surface area contributed by atoms with E-state index in [0.29, 0.717) is 24.6 Å². The van der Waals surface area contributed by atoms with E-state index in [9.17, 15) is 21.6 Å². The van der Waals surface area contributed by atoms with E-state index in [-0.39, 0.29) is 22.9 Å². The second-order valence-electron chi connectivity index (χ2n) is 8.93. The molecule has 11 heteroatoms. The van der Waals surface area contributed by atoms with Crippen LogP contribution in [0.15, 0.2) is 82.6 Å². The third-order valence-corrected chi connectivity index (χ3v) is 9.98. The molecule has 0 saturated carbocycles. The van der Waals surface area contributed by atoms with Crippen LogP contribution in [0.4, 0.5) is 11.4 Å². The Morgan fingerprint density at radius 2 is 1.45 bits per heavy atom. The number of amides is 1. The molecular weight excluding hydrogens is 526 g/mol. The van der Waals surface area contributed by atoms with Crippen LogP contribution >= 0.6 is 0 Å². The van der Waals surface area contributed by atoms with Crippen molar-refractivity contribution in [1.29, 1.82) is 0 Å². The number of morpholine rings is 1. The normalized spacial score (nSPS) is 14.7. The maximum absolute atomic E-state index is 13.6. The van der Waals surface area contributed by atoms with E-state index >= 15 is 0 Å². The molecule has 1 amide bonds. The van der Waals surface area contributed by atoms with Crippen LogP contribution in [0.5, 0.6) is 0 Å². The van der Waals surface area contributed by atoms with Crippen molar-refractivity contribution in [1.82, 2.24) is 4.31 Å². The highest BCUT2D eigenvalue weighted by atomic mass is 32.2. The van der Waals surface area contributed by atoms with Gasteiger partial charge in [-0.3, -0.25) is 9.10 Å². The second kappa shape index (κ2) is 11.6. The number of benzene rings is 3. The Labute approximate surface area is 224 Å². The summed E-state index contributed by atoms with van der Waals surface area (Å²) in [5, 5.41) is 2.68. The van der Waals surface area contributed by atoms with Crippen molar-refractivity contribution in [3.8, 4) is 0 Å². The van der Waals surface area contributed by atoms with Crippen molar-refractivity contribution < 1.29 is 26.4 Å². The monoisotopic (exact) mass is 557 g/mol. The van der Waals surface area contributed by atoms with Gasteiger partial charge in [-0.25, -0.2) is 16.8 Å². The van der Waals surface area contributed by atoms with Gasteiger partial charge in [0.1, 0.15) is 6.54 Å². The zero-order valence-electron chi connectivity index (χ0n) is 21.3. The molecule has 202 valence electrons. The molecule has 1 heterocycles. The molecule has 4 rings (SSSR count). The molecule has 0 aliphatic carbocycles. The van der Waals surface area contributed by atoms with Crippen molar-refractivity contribution in [2.24, 2.45) is 0 Å². The van der Waals surface area contributed by atoms with Gasteiger partial charge in [0, 0.05) is 18.8 Å². The van der Waals surface area contributed by atoms with E-state index in [0.717, 1.165) is 21.9 Å². The van der Waals surface area contributed by atoms with Crippen LogP contribution in [-0.2, 0) is 36.0 Å². The van der Waals surface area contributed by atoms with E-state index in [4.69, 9.17) is 4.74 Å². The molecule has 0 bridgehead atoms. The number of hydrogen-bond acceptors (Lipinski definition) is 6. The lowest BCUT2D eigenvalue weighted by Gasteiger charge is -2.26. The first-order valence-electron chi connectivity index (χ1n) is 12.3. The Bertz CT molecular complexity index is 1470. The van der Waals surface area contributed by atoms with Crippen LogP contribution in [0.3, 0.4) is 0 Å². The third kappa shape index (κ3) is 6.24. The zero-order chi connectivity index (χ0) is 27.3. The molecule has 1 fully saturated rings. The number of carbonyl (C=O) groups is 1. The molecule has 1 saturated heterocycles. The first-order chi connectivity index (χ1) is 18.1. The number of ether oxygens (including phenoxy) is 1. The number of hydrogen-bond donors (Lipinski definition) is 1. The highest BCUT2D eigenvalue weighted by Crippen LogP contribution is 2.25. The summed E-state index contributed by atoms with van der Waals surface area (Å²) in [5.41, 5.74) is 2.67. The van der Waals surface area contributed by atoms with Gasteiger partial charge in [-0.2, -0.15) is 4.31 Å². The van der Waals surface area contributed by atoms with Gasteiger partial charge in [-0.05, 0) is 67.4 Å². The average Bonchev–Trinajstić information content (AvgIpc) is 2.93. The summed E-state index contributed by atoms with van der Waals surface area (Å²) < 4.78 is 60.5. The summed E-state index contributed by atoms with van der Waals surface area (Å²) in [6.45, 7) is 4.66. The minimum Gasteiger partial charge on any atom is -0.379 e. The van der Waals surface area contributed by atoms with Gasteiger partial charge in [0.15, 0.2) is 0 Å². The predicted octanol–water partition coefficient (Wildman–Crippen LogP) is 3.41. The second-order valence-corrected chi connectivity index (χ2v) is 12.7. The number of carbonyl (C=O) groups excluding carboxylic acids is 1. The Morgan fingerprint density at radius 3 is 2.03 bits per heavy atom. The van der Waals surface area contributed by atoms with Crippen LogP contribution < -0.4 is 9.62 Å². The molecular formula is C27H31N3O6S2. The molecule has 38 heavy (non-hydrogen) atoms. The first kappa shape index (κ1) is 27.8. The van der Waals surface area contributed by atoms with Gasteiger partial charge in [-0.15, -0.1) is 0 Å². The van der Waals surface area contributed by atoms with Crippen LogP contribution in [-0.4, -0.2) is 59.9 Å². The van der Waals surface area contributed by atoms with Gasteiger partial charge in [0.2, 0.25) is 15.9 Å². The zero-order valence-corrected chi connectivity index (χ0v) is 23.0. The lowest BCUT2D eigenvalue weighted by Crippen LogP contribution is -2.40. The summed E-state index contributed by atoms with van der Waals surface area (Å²) >= 11 is 0. The van der Waals surface area contributed by atoms with Crippen molar-refractivity contribution in [2.75, 3.05) is 42.5 Å². The minimum atomic E-state index is -4.04. The van der Waals surface area contributed by atoms with Crippen LogP contribution in [0.25, 0.3) is 0 Å². The molecule has 0 radical (unpaired) electrons. The number of nitrogens with zero attached hydrogens (tertiary/aromatic N) is 2. The van der Waals surface area contributed by atoms with E-state index in [1.54, 1.807) is 24.3 Å². The van der Waals surface area contributed by atoms with Crippen molar-refractivity contribution in [3.63, 3.8) is 0 Å². The maximum Gasteiger partial charge on any atom is 0.264 e. The topological polar surface area (TPSA) is 113 Å². The van der Waals surface area contributed by atoms with Crippen molar-refractivity contribution in [3.05, 3.63) is 83.9 Å². The van der Waals surface area contributed by atoms with Crippen LogP contribution in [0.1, 0.15) is 18.1 Å². The fraction of sp³-hybridized carbons (Fsp3) is 0.296. The molecule has 9 nitrogen and oxygen atoms in total. The Hall–Kier alpha value is -3.25. The summed E-state index contributed by atoms with van der Waals surface area (Å²) in [7, 11) is -7.71. The number of nitrogens with one attached hydrogen (secondary N) is 1. The largest absolute Gasteiger partial charge is 0.379 e. The molecule has 0 atom stereocenters. The van der Waals surface area contributed by atoms with Crippen LogP contribution in [0, 0.1) is 6.92 Å². The lowest BCUT2D eigenvalue weighted by atomic mass is 10.1. The van der Waals surface area contributed by atoms with Gasteiger partial charge >= 0.3 is 0 Å². The van der Waals surface area contributed by atoms with E-state index in [1.807, 2.05) is 26.0 Å². The highest BCUT2D eigenvalue weighted by Gasteiger charge is 2.28. The van der Waals surface area contributed by atoms with Crippen LogP contribution in [0.2, 0.25) is 0 Å². The Morgan fingerprint density at radius 1 is 0.868 bits per heavy atom.